The fraction of sp³-hybridized carbons (Fsp3) is 0.391. The molecular weight excluding hydrogens is 387 g/mol. The van der Waals surface area contributed by atoms with Gasteiger partial charge in [0.15, 0.2) is 0 Å². The second-order valence-corrected chi connectivity index (χ2v) is 7.61. The number of para-hydroxylation sites is 1. The lowest BCUT2D eigenvalue weighted by molar-refractivity contribution is -0.139. The average molecular weight is 412 g/mol. The number of halogens is 1. The summed E-state index contributed by atoms with van der Waals surface area (Å²) in [4.78, 5) is 29.9. The molecule has 2 aromatic carbocycles. The van der Waals surface area contributed by atoms with Crippen LogP contribution in [0.15, 0.2) is 48.5 Å². The maximum atomic E-state index is 13.4. The lowest BCUT2D eigenvalue weighted by Crippen LogP contribution is -2.45. The predicted octanol–water partition coefficient (Wildman–Crippen LogP) is 2.55. The summed E-state index contributed by atoms with van der Waals surface area (Å²) >= 11 is 0. The van der Waals surface area contributed by atoms with Crippen LogP contribution in [0.3, 0.4) is 0 Å². The van der Waals surface area contributed by atoms with E-state index in [2.05, 4.69) is 0 Å². The highest BCUT2D eigenvalue weighted by molar-refractivity contribution is 5.95. The van der Waals surface area contributed by atoms with Crippen LogP contribution in [0, 0.1) is 11.7 Å². The van der Waals surface area contributed by atoms with Crippen molar-refractivity contribution in [2.24, 2.45) is 5.92 Å². The van der Waals surface area contributed by atoms with Crippen LogP contribution in [0.4, 0.5) is 4.39 Å². The molecule has 0 aromatic heterocycles. The minimum absolute atomic E-state index is 0.0311. The molecule has 0 unspecified atom stereocenters. The number of ether oxygens (including phenoxy) is 2. The molecule has 0 saturated carbocycles. The number of methoxy groups -OCH3 is 1. The van der Waals surface area contributed by atoms with Crippen molar-refractivity contribution >= 4 is 11.8 Å². The first-order chi connectivity index (χ1) is 14.6. The minimum Gasteiger partial charge on any atom is -0.496 e. The van der Waals surface area contributed by atoms with Gasteiger partial charge in [0.1, 0.15) is 11.6 Å². The van der Waals surface area contributed by atoms with Gasteiger partial charge in [-0.3, -0.25) is 9.59 Å². The van der Waals surface area contributed by atoms with Crippen LogP contribution in [0.25, 0.3) is 0 Å². The molecule has 2 fully saturated rings. The van der Waals surface area contributed by atoms with Gasteiger partial charge in [0, 0.05) is 37.7 Å². The quantitative estimate of drug-likeness (QED) is 0.775. The van der Waals surface area contributed by atoms with Crippen molar-refractivity contribution in [3.63, 3.8) is 0 Å². The summed E-state index contributed by atoms with van der Waals surface area (Å²) in [5.41, 5.74) is 1.33. The van der Waals surface area contributed by atoms with E-state index in [0.717, 1.165) is 5.56 Å². The summed E-state index contributed by atoms with van der Waals surface area (Å²) in [7, 11) is 1.61. The zero-order valence-electron chi connectivity index (χ0n) is 16.9. The maximum Gasteiger partial charge on any atom is 0.253 e. The van der Waals surface area contributed by atoms with Crippen molar-refractivity contribution in [3.8, 4) is 5.75 Å². The summed E-state index contributed by atoms with van der Waals surface area (Å²) in [5, 5.41) is 0. The molecule has 2 aliphatic rings. The zero-order valence-corrected chi connectivity index (χ0v) is 16.9. The van der Waals surface area contributed by atoms with E-state index in [0.29, 0.717) is 50.7 Å². The van der Waals surface area contributed by atoms with E-state index in [1.807, 2.05) is 29.2 Å². The topological polar surface area (TPSA) is 59.1 Å². The van der Waals surface area contributed by atoms with E-state index < -0.39 is 0 Å². The first-order valence-electron chi connectivity index (χ1n) is 10.1. The Hall–Kier alpha value is -2.93. The number of carbonyl (C=O) groups is 2. The van der Waals surface area contributed by atoms with E-state index in [1.54, 1.807) is 12.0 Å². The van der Waals surface area contributed by atoms with Crippen LogP contribution in [-0.2, 0) is 9.53 Å². The molecule has 7 heteroatoms. The number of hydrogen-bond donors (Lipinski definition) is 0. The third-order valence-corrected chi connectivity index (χ3v) is 5.88. The molecule has 2 amide bonds. The van der Waals surface area contributed by atoms with Crippen LogP contribution >= 0.6 is 0 Å². The van der Waals surface area contributed by atoms with E-state index >= 15 is 0 Å². The number of nitrogens with zero attached hydrogens (tertiary/aromatic N) is 2. The number of benzene rings is 2. The van der Waals surface area contributed by atoms with E-state index in [-0.39, 0.29) is 29.5 Å². The number of hydrogen-bond acceptors (Lipinski definition) is 4. The predicted molar refractivity (Wildman–Crippen MR) is 109 cm³/mol. The standard InChI is InChI=1S/C23H25FN2O4/c1-29-21-5-3-2-4-18(21)19-14-26(22(27)16-6-8-17(24)9-7-16)15-20(19)23(28)25-10-12-30-13-11-25/h2-9,19-20H,10-15H2,1H3/t19-,20-/m1/s1. The van der Waals surface area contributed by atoms with Crippen molar-refractivity contribution in [1.29, 1.82) is 0 Å². The van der Waals surface area contributed by atoms with Gasteiger partial charge in [-0.25, -0.2) is 4.39 Å². The Morgan fingerprint density at radius 2 is 1.70 bits per heavy atom. The number of likely N-dealkylation sites (tertiary alicyclic amines) is 1. The molecule has 0 bridgehead atoms. The highest BCUT2D eigenvalue weighted by atomic mass is 19.1. The zero-order chi connectivity index (χ0) is 21.1. The van der Waals surface area contributed by atoms with Gasteiger partial charge in [-0.05, 0) is 35.9 Å². The van der Waals surface area contributed by atoms with E-state index in [1.165, 1.54) is 24.3 Å². The molecule has 4 rings (SSSR count). The molecule has 0 radical (unpaired) electrons. The highest BCUT2D eigenvalue weighted by Gasteiger charge is 2.43. The second kappa shape index (κ2) is 8.83. The fourth-order valence-electron chi connectivity index (χ4n) is 4.30. The normalized spacial score (nSPS) is 21.5. The molecule has 2 aliphatic heterocycles. The molecule has 6 nitrogen and oxygen atoms in total. The third kappa shape index (κ3) is 4.03. The van der Waals surface area contributed by atoms with E-state index in [9.17, 15) is 14.0 Å². The average Bonchev–Trinajstić information content (AvgIpc) is 3.24. The molecule has 0 N–H and O–H groups in total. The Kier molecular flexibility index (Phi) is 5.99. The molecule has 0 spiro atoms. The van der Waals surface area contributed by atoms with Crippen molar-refractivity contribution in [3.05, 3.63) is 65.5 Å². The van der Waals surface area contributed by atoms with Gasteiger partial charge >= 0.3 is 0 Å². The molecular formula is C23H25FN2O4. The van der Waals surface area contributed by atoms with Gasteiger partial charge in [-0.1, -0.05) is 18.2 Å². The van der Waals surface area contributed by atoms with Crippen LogP contribution in [-0.4, -0.2) is 68.1 Å². The smallest absolute Gasteiger partial charge is 0.253 e. The number of rotatable bonds is 4. The summed E-state index contributed by atoms with van der Waals surface area (Å²) in [6.45, 7) is 2.87. The maximum absolute atomic E-state index is 13.4. The molecule has 30 heavy (non-hydrogen) atoms. The van der Waals surface area contributed by atoms with Crippen molar-refractivity contribution in [1.82, 2.24) is 9.80 Å². The number of carbonyl (C=O) groups excluding carboxylic acids is 2. The molecule has 2 atom stereocenters. The molecule has 158 valence electrons. The second-order valence-electron chi connectivity index (χ2n) is 7.61. The van der Waals surface area contributed by atoms with Gasteiger partial charge < -0.3 is 19.3 Å². The van der Waals surface area contributed by atoms with Gasteiger partial charge in [-0.15, -0.1) is 0 Å². The minimum atomic E-state index is -0.389. The number of amides is 2. The van der Waals surface area contributed by atoms with Crippen molar-refractivity contribution in [2.75, 3.05) is 46.5 Å². The summed E-state index contributed by atoms with van der Waals surface area (Å²) in [6, 6.07) is 13.1. The number of morpholine rings is 1. The van der Waals surface area contributed by atoms with Crippen LogP contribution < -0.4 is 4.74 Å². The molecule has 0 aliphatic carbocycles. The monoisotopic (exact) mass is 412 g/mol. The van der Waals surface area contributed by atoms with Crippen LogP contribution in [0.1, 0.15) is 21.8 Å². The molecule has 2 heterocycles. The Morgan fingerprint density at radius 3 is 2.40 bits per heavy atom. The fourth-order valence-corrected chi connectivity index (χ4v) is 4.30. The lowest BCUT2D eigenvalue weighted by atomic mass is 9.87. The Labute approximate surface area is 175 Å². The Morgan fingerprint density at radius 1 is 1.00 bits per heavy atom. The SMILES string of the molecule is COc1ccccc1[C@H]1CN(C(=O)c2ccc(F)cc2)C[C@H]1C(=O)N1CCOCC1. The summed E-state index contributed by atoms with van der Waals surface area (Å²) in [5.74, 6) is -0.404. The molecule has 2 saturated heterocycles. The largest absolute Gasteiger partial charge is 0.496 e. The van der Waals surface area contributed by atoms with Gasteiger partial charge in [0.25, 0.3) is 5.91 Å². The van der Waals surface area contributed by atoms with Gasteiger partial charge in [-0.2, -0.15) is 0 Å². The van der Waals surface area contributed by atoms with E-state index in [4.69, 9.17) is 9.47 Å². The van der Waals surface area contributed by atoms with Gasteiger partial charge in [0.05, 0.1) is 26.2 Å². The first-order valence-corrected chi connectivity index (χ1v) is 10.1. The van der Waals surface area contributed by atoms with Gasteiger partial charge in [0.2, 0.25) is 5.91 Å². The highest BCUT2D eigenvalue weighted by Crippen LogP contribution is 2.39. The lowest BCUT2D eigenvalue weighted by Gasteiger charge is -2.31. The first kappa shape index (κ1) is 20.3. The third-order valence-electron chi connectivity index (χ3n) is 5.88. The Bertz CT molecular complexity index is 912. The van der Waals surface area contributed by atoms with Crippen LogP contribution in [0.5, 0.6) is 5.75 Å². The van der Waals surface area contributed by atoms with Crippen molar-refractivity contribution in [2.45, 2.75) is 5.92 Å². The Balaban J connectivity index is 1.63. The van der Waals surface area contributed by atoms with Crippen molar-refractivity contribution < 1.29 is 23.5 Å². The summed E-state index contributed by atoms with van der Waals surface area (Å²) in [6.07, 6.45) is 0. The summed E-state index contributed by atoms with van der Waals surface area (Å²) < 4.78 is 24.2. The van der Waals surface area contributed by atoms with Crippen LogP contribution in [0.2, 0.25) is 0 Å². The molecule has 2 aromatic rings.